The first-order valence-corrected chi connectivity index (χ1v) is 15.1. The monoisotopic (exact) mass is 565 g/mol. The summed E-state index contributed by atoms with van der Waals surface area (Å²) in [6.07, 6.45) is 10.7. The summed E-state index contributed by atoms with van der Waals surface area (Å²) in [4.78, 5) is 14.4. The second-order valence-corrected chi connectivity index (χ2v) is 12.8. The molecule has 0 radical (unpaired) electrons. The zero-order valence-electron chi connectivity index (χ0n) is 23.3. The number of benzene rings is 2. The van der Waals surface area contributed by atoms with Crippen LogP contribution in [-0.4, -0.2) is 55.7 Å². The average molecular weight is 566 g/mol. The van der Waals surface area contributed by atoms with E-state index in [0.29, 0.717) is 24.4 Å². The van der Waals surface area contributed by atoms with Crippen molar-refractivity contribution in [2.45, 2.75) is 62.9 Å². The Bertz CT molecular complexity index is 1290. The molecule has 5 atom stereocenters. The van der Waals surface area contributed by atoms with E-state index in [-0.39, 0.29) is 23.7 Å². The molecule has 1 spiro atoms. The molecule has 1 aliphatic heterocycles. The van der Waals surface area contributed by atoms with Gasteiger partial charge < -0.3 is 24.6 Å². The van der Waals surface area contributed by atoms with Gasteiger partial charge in [0, 0.05) is 37.2 Å². The van der Waals surface area contributed by atoms with Crippen molar-refractivity contribution in [2.75, 3.05) is 38.3 Å². The Morgan fingerprint density at radius 3 is 2.77 bits per heavy atom. The lowest BCUT2D eigenvalue weighted by atomic mass is 9.66. The molecule has 0 saturated heterocycles. The molecule has 2 N–H and O–H groups in total. The zero-order chi connectivity index (χ0) is 27.9. The molecule has 0 bridgehead atoms. The van der Waals surface area contributed by atoms with Crippen LogP contribution >= 0.6 is 11.6 Å². The quantitative estimate of drug-likeness (QED) is 0.385. The van der Waals surface area contributed by atoms with E-state index in [1.54, 1.807) is 12.1 Å². The molecule has 40 heavy (non-hydrogen) atoms. The molecule has 1 saturated carbocycles. The van der Waals surface area contributed by atoms with Crippen molar-refractivity contribution in [3.63, 3.8) is 0 Å². The number of carbonyl (C=O) groups is 1. The second kappa shape index (κ2) is 11.4. The fourth-order valence-electron chi connectivity index (χ4n) is 7.68. The number of fused-ring (bicyclic) bond motifs is 3. The summed E-state index contributed by atoms with van der Waals surface area (Å²) in [5.41, 5.74) is 4.95. The standard InChI is InChI=1S/C33H40ClNO5/c1-39-31(22-6-4-21(18-36)5-7-22)27-11-8-25(27)17-35-19-33(14-2-3-23-15-26(34)10-12-28(23)33)20-40-30-13-9-24(32(37)38)16-29(30)35/h6,9-10,12-13,15-16,21,25,27,31,36H,2-5,7-8,11,14,17-20H2,1H3,(H,37,38)/t21-,25-,27+,31-,33?/m0/s1. The third kappa shape index (κ3) is 5.15. The van der Waals surface area contributed by atoms with Crippen molar-refractivity contribution >= 4 is 23.3 Å². The number of aliphatic hydroxyl groups is 1. The van der Waals surface area contributed by atoms with Gasteiger partial charge in [0.2, 0.25) is 0 Å². The minimum absolute atomic E-state index is 0.0953. The Morgan fingerprint density at radius 1 is 1.20 bits per heavy atom. The van der Waals surface area contributed by atoms with E-state index in [1.165, 1.54) is 16.7 Å². The van der Waals surface area contributed by atoms with Crippen molar-refractivity contribution in [1.29, 1.82) is 0 Å². The molecule has 3 aliphatic carbocycles. The number of aryl methyl sites for hydroxylation is 1. The van der Waals surface area contributed by atoms with Crippen LogP contribution in [-0.2, 0) is 16.6 Å². The molecular weight excluding hydrogens is 526 g/mol. The van der Waals surface area contributed by atoms with Crippen LogP contribution in [0.5, 0.6) is 5.75 Å². The Hall–Kier alpha value is -2.54. The number of carboxylic acid groups (broad SMARTS) is 1. The van der Waals surface area contributed by atoms with Gasteiger partial charge in [-0.2, -0.15) is 0 Å². The van der Waals surface area contributed by atoms with Gasteiger partial charge in [-0.05, 0) is 116 Å². The number of nitrogens with zero attached hydrogens (tertiary/aromatic N) is 1. The number of aliphatic hydroxyl groups excluding tert-OH is 1. The lowest BCUT2D eigenvalue weighted by molar-refractivity contribution is 0.00273. The third-order valence-electron chi connectivity index (χ3n) is 10.0. The van der Waals surface area contributed by atoms with Crippen LogP contribution in [0, 0.1) is 17.8 Å². The van der Waals surface area contributed by atoms with Gasteiger partial charge in [-0.3, -0.25) is 0 Å². The number of ether oxygens (including phenoxy) is 2. The summed E-state index contributed by atoms with van der Waals surface area (Å²) in [5, 5.41) is 20.1. The highest BCUT2D eigenvalue weighted by Crippen LogP contribution is 2.48. The fraction of sp³-hybridized carbons (Fsp3) is 0.545. The maximum Gasteiger partial charge on any atom is 0.335 e. The minimum atomic E-state index is -0.925. The molecule has 0 aromatic heterocycles. The molecule has 0 amide bonds. The molecule has 1 heterocycles. The molecule has 1 fully saturated rings. The Balaban J connectivity index is 1.32. The Morgan fingerprint density at radius 2 is 2.08 bits per heavy atom. The number of anilines is 1. The van der Waals surface area contributed by atoms with Crippen LogP contribution in [0.2, 0.25) is 5.02 Å². The smallest absolute Gasteiger partial charge is 0.335 e. The summed E-state index contributed by atoms with van der Waals surface area (Å²) >= 11 is 6.39. The number of halogens is 1. The number of hydrogen-bond acceptors (Lipinski definition) is 5. The van der Waals surface area contributed by atoms with Gasteiger partial charge in [0.25, 0.3) is 0 Å². The summed E-state index contributed by atoms with van der Waals surface area (Å²) in [6, 6.07) is 11.5. The minimum Gasteiger partial charge on any atom is -0.490 e. The molecule has 1 unspecified atom stereocenters. The van der Waals surface area contributed by atoms with Gasteiger partial charge in [-0.25, -0.2) is 4.79 Å². The van der Waals surface area contributed by atoms with E-state index >= 15 is 0 Å². The highest BCUT2D eigenvalue weighted by atomic mass is 35.5. The van der Waals surface area contributed by atoms with E-state index < -0.39 is 5.97 Å². The molecule has 7 heteroatoms. The van der Waals surface area contributed by atoms with Gasteiger partial charge in [0.1, 0.15) is 5.75 Å². The molecule has 6 rings (SSSR count). The third-order valence-corrected chi connectivity index (χ3v) is 10.3. The number of carboxylic acids is 1. The first-order valence-electron chi connectivity index (χ1n) is 14.8. The molecule has 2 aromatic rings. The normalized spacial score (nSPS) is 28.4. The first kappa shape index (κ1) is 27.6. The summed E-state index contributed by atoms with van der Waals surface area (Å²) < 4.78 is 12.6. The van der Waals surface area contributed by atoms with Gasteiger partial charge >= 0.3 is 5.97 Å². The van der Waals surface area contributed by atoms with E-state index in [4.69, 9.17) is 21.1 Å². The van der Waals surface area contributed by atoms with Gasteiger partial charge in [0.15, 0.2) is 0 Å². The van der Waals surface area contributed by atoms with E-state index in [0.717, 1.165) is 80.9 Å². The zero-order valence-corrected chi connectivity index (χ0v) is 24.0. The molecule has 214 valence electrons. The van der Waals surface area contributed by atoms with E-state index in [1.807, 2.05) is 19.2 Å². The summed E-state index contributed by atoms with van der Waals surface area (Å²) in [5.74, 6) is 1.05. The molecule has 2 aromatic carbocycles. The number of rotatable bonds is 7. The van der Waals surface area contributed by atoms with Crippen molar-refractivity contribution in [2.24, 2.45) is 17.8 Å². The summed E-state index contributed by atoms with van der Waals surface area (Å²) in [7, 11) is 1.83. The van der Waals surface area contributed by atoms with Crippen molar-refractivity contribution in [3.8, 4) is 5.75 Å². The van der Waals surface area contributed by atoms with E-state index in [2.05, 4.69) is 23.1 Å². The maximum atomic E-state index is 11.9. The molecule has 4 aliphatic rings. The van der Waals surface area contributed by atoms with Crippen LogP contribution in [0.15, 0.2) is 48.0 Å². The SMILES string of the molecule is CO[C@@H](C1=CC[C@H](CO)CC1)[C@@H]1CC[C@H]1CN1CC2(CCCc3cc(Cl)ccc32)COc2ccc(C(=O)O)cc21. The van der Waals surface area contributed by atoms with Crippen molar-refractivity contribution in [3.05, 3.63) is 69.8 Å². The summed E-state index contributed by atoms with van der Waals surface area (Å²) in [6.45, 7) is 2.42. The number of hydrogen-bond donors (Lipinski definition) is 2. The van der Waals surface area contributed by atoms with Crippen LogP contribution in [0.25, 0.3) is 0 Å². The van der Waals surface area contributed by atoms with Gasteiger partial charge in [-0.15, -0.1) is 0 Å². The predicted octanol–water partition coefficient (Wildman–Crippen LogP) is 6.27. The Kier molecular flexibility index (Phi) is 7.86. The number of allylic oxidation sites excluding steroid dienone is 1. The largest absolute Gasteiger partial charge is 0.490 e. The van der Waals surface area contributed by atoms with Gasteiger partial charge in [0.05, 0.1) is 24.0 Å². The highest BCUT2D eigenvalue weighted by molar-refractivity contribution is 6.30. The van der Waals surface area contributed by atoms with Crippen LogP contribution in [0.3, 0.4) is 0 Å². The van der Waals surface area contributed by atoms with Crippen molar-refractivity contribution < 1.29 is 24.5 Å². The predicted molar refractivity (Wildman–Crippen MR) is 157 cm³/mol. The lowest BCUT2D eigenvalue weighted by Gasteiger charge is -2.47. The van der Waals surface area contributed by atoms with Crippen LogP contribution < -0.4 is 9.64 Å². The Labute approximate surface area is 241 Å². The number of methoxy groups -OCH3 is 1. The van der Waals surface area contributed by atoms with Crippen LogP contribution in [0.4, 0.5) is 5.69 Å². The van der Waals surface area contributed by atoms with Crippen molar-refractivity contribution in [1.82, 2.24) is 0 Å². The maximum absolute atomic E-state index is 11.9. The van der Waals surface area contributed by atoms with Gasteiger partial charge in [-0.1, -0.05) is 23.7 Å². The molecular formula is C33H40ClNO5. The lowest BCUT2D eigenvalue weighted by Crippen LogP contribution is -2.50. The molecule has 6 nitrogen and oxygen atoms in total. The average Bonchev–Trinajstić information content (AvgIpc) is 3.10. The van der Waals surface area contributed by atoms with Crippen LogP contribution in [0.1, 0.15) is 66.4 Å². The van der Waals surface area contributed by atoms with E-state index in [9.17, 15) is 15.0 Å². The topological polar surface area (TPSA) is 79.2 Å². The highest BCUT2D eigenvalue weighted by Gasteiger charge is 2.45. The second-order valence-electron chi connectivity index (χ2n) is 12.4. The fourth-order valence-corrected chi connectivity index (χ4v) is 7.88. The number of aromatic carboxylic acids is 1. The first-order chi connectivity index (χ1) is 19.4.